The van der Waals surface area contributed by atoms with Gasteiger partial charge in [0.25, 0.3) is 0 Å². The summed E-state index contributed by atoms with van der Waals surface area (Å²) in [6.45, 7) is 7.59. The summed E-state index contributed by atoms with van der Waals surface area (Å²) in [7, 11) is -3.42. The van der Waals surface area contributed by atoms with Crippen molar-refractivity contribution in [2.24, 2.45) is 5.73 Å². The molecule has 1 saturated heterocycles. The van der Waals surface area contributed by atoms with E-state index in [0.717, 1.165) is 16.9 Å². The van der Waals surface area contributed by atoms with E-state index in [4.69, 9.17) is 5.73 Å². The van der Waals surface area contributed by atoms with Crippen molar-refractivity contribution in [2.45, 2.75) is 37.0 Å². The number of hydrogen-bond donors (Lipinski definition) is 1. The zero-order valence-electron chi connectivity index (χ0n) is 12.2. The highest BCUT2D eigenvalue weighted by atomic mass is 32.2. The van der Waals surface area contributed by atoms with Crippen LogP contribution in [0, 0.1) is 6.92 Å². The quantitative estimate of drug-likeness (QED) is 0.926. The summed E-state index contributed by atoms with van der Waals surface area (Å²) in [5, 5.41) is 0. The van der Waals surface area contributed by atoms with Gasteiger partial charge in [0.1, 0.15) is 0 Å². The molecule has 0 atom stereocenters. The molecule has 6 heteroatoms. The first kappa shape index (κ1) is 15.8. The largest absolute Gasteiger partial charge is 0.326 e. The molecule has 1 aromatic rings. The first-order valence-corrected chi connectivity index (χ1v) is 9.12. The SMILES string of the molecule is Cc1ccc(S(=O)(=O)N2CCSC(C)(C)C2)cc1CN. The average molecular weight is 314 g/mol. The van der Waals surface area contributed by atoms with Crippen LogP contribution in [0.1, 0.15) is 25.0 Å². The van der Waals surface area contributed by atoms with Gasteiger partial charge in [-0.2, -0.15) is 16.1 Å². The van der Waals surface area contributed by atoms with Crippen LogP contribution in [0.4, 0.5) is 0 Å². The van der Waals surface area contributed by atoms with Gasteiger partial charge in [-0.1, -0.05) is 6.07 Å². The first-order chi connectivity index (χ1) is 9.26. The number of thioether (sulfide) groups is 1. The van der Waals surface area contributed by atoms with E-state index in [0.29, 0.717) is 24.5 Å². The molecule has 2 N–H and O–H groups in total. The Morgan fingerprint density at radius 2 is 2.10 bits per heavy atom. The molecule has 112 valence electrons. The standard InChI is InChI=1S/C14H22N2O2S2/c1-11-4-5-13(8-12(11)9-15)20(17,18)16-6-7-19-14(2,3)10-16/h4-5,8H,6-7,9-10,15H2,1-3H3. The van der Waals surface area contributed by atoms with Gasteiger partial charge >= 0.3 is 0 Å². The van der Waals surface area contributed by atoms with E-state index in [1.807, 2.05) is 24.8 Å². The minimum absolute atomic E-state index is 0.0350. The second kappa shape index (κ2) is 5.67. The van der Waals surface area contributed by atoms with Gasteiger partial charge in [0, 0.05) is 30.1 Å². The summed E-state index contributed by atoms with van der Waals surface area (Å²) in [6.07, 6.45) is 0. The van der Waals surface area contributed by atoms with Crippen LogP contribution in [0.15, 0.2) is 23.1 Å². The Hall–Kier alpha value is -0.560. The fourth-order valence-electron chi connectivity index (χ4n) is 2.36. The Morgan fingerprint density at radius 3 is 2.70 bits per heavy atom. The van der Waals surface area contributed by atoms with E-state index >= 15 is 0 Å². The predicted molar refractivity (Wildman–Crippen MR) is 84.4 cm³/mol. The fraction of sp³-hybridized carbons (Fsp3) is 0.571. The average Bonchev–Trinajstić information content (AvgIpc) is 2.37. The maximum absolute atomic E-state index is 12.7. The molecular weight excluding hydrogens is 292 g/mol. The molecule has 0 bridgehead atoms. The van der Waals surface area contributed by atoms with Crippen molar-refractivity contribution in [1.82, 2.24) is 4.31 Å². The molecule has 0 spiro atoms. The topological polar surface area (TPSA) is 63.4 Å². The van der Waals surface area contributed by atoms with Crippen molar-refractivity contribution < 1.29 is 8.42 Å². The normalized spacial score (nSPS) is 20.0. The molecule has 0 radical (unpaired) electrons. The minimum atomic E-state index is -3.42. The number of sulfonamides is 1. The second-order valence-electron chi connectivity index (χ2n) is 5.74. The van der Waals surface area contributed by atoms with E-state index < -0.39 is 10.0 Å². The second-order valence-corrected chi connectivity index (χ2v) is 9.48. The third-order valence-electron chi connectivity index (χ3n) is 3.57. The number of hydrogen-bond acceptors (Lipinski definition) is 4. The highest BCUT2D eigenvalue weighted by Gasteiger charge is 2.34. The van der Waals surface area contributed by atoms with Crippen LogP contribution in [-0.2, 0) is 16.6 Å². The number of benzene rings is 1. The van der Waals surface area contributed by atoms with Gasteiger partial charge in [-0.3, -0.25) is 0 Å². The van der Waals surface area contributed by atoms with Gasteiger partial charge in [0.2, 0.25) is 10.0 Å². The molecule has 2 rings (SSSR count). The van der Waals surface area contributed by atoms with Crippen molar-refractivity contribution in [2.75, 3.05) is 18.8 Å². The molecule has 0 unspecified atom stereocenters. The molecule has 1 aromatic carbocycles. The summed E-state index contributed by atoms with van der Waals surface area (Å²) in [6, 6.07) is 5.22. The summed E-state index contributed by atoms with van der Waals surface area (Å²) in [5.41, 5.74) is 7.59. The van der Waals surface area contributed by atoms with E-state index in [1.54, 1.807) is 16.4 Å². The monoisotopic (exact) mass is 314 g/mol. The number of nitrogens with two attached hydrogens (primary N) is 1. The molecule has 1 aliphatic rings. The molecule has 0 saturated carbocycles. The Balaban J connectivity index is 2.35. The van der Waals surface area contributed by atoms with Crippen LogP contribution in [0.2, 0.25) is 0 Å². The van der Waals surface area contributed by atoms with Crippen LogP contribution in [0.3, 0.4) is 0 Å². The van der Waals surface area contributed by atoms with Gasteiger partial charge < -0.3 is 5.73 Å². The number of aryl methyl sites for hydroxylation is 1. The van der Waals surface area contributed by atoms with Gasteiger partial charge in [0.05, 0.1) is 4.90 Å². The summed E-state index contributed by atoms with van der Waals surface area (Å²) >= 11 is 1.82. The maximum Gasteiger partial charge on any atom is 0.243 e. The lowest BCUT2D eigenvalue weighted by atomic mass is 10.1. The zero-order valence-corrected chi connectivity index (χ0v) is 13.9. The Morgan fingerprint density at radius 1 is 1.40 bits per heavy atom. The molecule has 4 nitrogen and oxygen atoms in total. The zero-order chi connectivity index (χ0) is 15.0. The highest BCUT2D eigenvalue weighted by molar-refractivity contribution is 8.00. The molecule has 0 aromatic heterocycles. The smallest absolute Gasteiger partial charge is 0.243 e. The predicted octanol–water partition coefficient (Wildman–Crippen LogP) is 1.97. The minimum Gasteiger partial charge on any atom is -0.326 e. The molecule has 0 aliphatic carbocycles. The third kappa shape index (κ3) is 3.19. The van der Waals surface area contributed by atoms with Gasteiger partial charge in [-0.05, 0) is 44.0 Å². The van der Waals surface area contributed by atoms with E-state index in [-0.39, 0.29) is 4.75 Å². The van der Waals surface area contributed by atoms with Gasteiger partial charge in [-0.25, -0.2) is 8.42 Å². The summed E-state index contributed by atoms with van der Waals surface area (Å²) in [5.74, 6) is 0.835. The van der Waals surface area contributed by atoms with Crippen LogP contribution < -0.4 is 5.73 Å². The Labute approximate surface area is 125 Å². The Kier molecular flexibility index (Phi) is 4.49. The van der Waals surface area contributed by atoms with Crippen molar-refractivity contribution in [1.29, 1.82) is 0 Å². The van der Waals surface area contributed by atoms with Crippen molar-refractivity contribution in [3.8, 4) is 0 Å². The van der Waals surface area contributed by atoms with E-state index in [2.05, 4.69) is 13.8 Å². The molecule has 20 heavy (non-hydrogen) atoms. The van der Waals surface area contributed by atoms with Gasteiger partial charge in [0.15, 0.2) is 0 Å². The molecule has 1 heterocycles. The third-order valence-corrected chi connectivity index (χ3v) is 6.71. The molecular formula is C14H22N2O2S2. The lowest BCUT2D eigenvalue weighted by Crippen LogP contribution is -2.46. The van der Waals surface area contributed by atoms with Crippen molar-refractivity contribution in [3.63, 3.8) is 0 Å². The molecule has 0 amide bonds. The number of rotatable bonds is 3. The fourth-order valence-corrected chi connectivity index (χ4v) is 5.32. The lowest BCUT2D eigenvalue weighted by Gasteiger charge is -2.36. The first-order valence-electron chi connectivity index (χ1n) is 6.70. The van der Waals surface area contributed by atoms with Crippen molar-refractivity contribution in [3.05, 3.63) is 29.3 Å². The molecule has 1 fully saturated rings. The summed E-state index contributed by atoms with van der Waals surface area (Å²) in [4.78, 5) is 0.353. The number of nitrogens with zero attached hydrogens (tertiary/aromatic N) is 1. The maximum atomic E-state index is 12.7. The molecule has 1 aliphatic heterocycles. The lowest BCUT2D eigenvalue weighted by molar-refractivity contribution is 0.387. The van der Waals surface area contributed by atoms with Crippen LogP contribution in [0.25, 0.3) is 0 Å². The Bertz CT molecular complexity index is 597. The van der Waals surface area contributed by atoms with E-state index in [9.17, 15) is 8.42 Å². The van der Waals surface area contributed by atoms with Crippen LogP contribution in [0.5, 0.6) is 0 Å². The van der Waals surface area contributed by atoms with Crippen LogP contribution in [-0.4, -0.2) is 36.3 Å². The highest BCUT2D eigenvalue weighted by Crippen LogP contribution is 2.32. The summed E-state index contributed by atoms with van der Waals surface area (Å²) < 4.78 is 27.0. The van der Waals surface area contributed by atoms with Gasteiger partial charge in [-0.15, -0.1) is 0 Å². The van der Waals surface area contributed by atoms with Crippen molar-refractivity contribution >= 4 is 21.8 Å². The van der Waals surface area contributed by atoms with Crippen LogP contribution >= 0.6 is 11.8 Å². The van der Waals surface area contributed by atoms with E-state index in [1.165, 1.54) is 0 Å².